The minimum Gasteiger partial charge on any atom is -0.345 e. The summed E-state index contributed by atoms with van der Waals surface area (Å²) in [5.74, 6) is 0.672. The first-order chi connectivity index (χ1) is 9.15. The van der Waals surface area contributed by atoms with E-state index in [0.717, 1.165) is 36.2 Å². The normalized spacial score (nSPS) is 11.2. The van der Waals surface area contributed by atoms with Gasteiger partial charge in [0.25, 0.3) is 0 Å². The molecular formula is C13H20N4S2. The predicted octanol–water partition coefficient (Wildman–Crippen LogP) is 2.98. The van der Waals surface area contributed by atoms with E-state index < -0.39 is 0 Å². The van der Waals surface area contributed by atoms with E-state index in [1.165, 1.54) is 0 Å². The summed E-state index contributed by atoms with van der Waals surface area (Å²) in [6.45, 7) is 7.11. The maximum atomic E-state index is 4.65. The average molecular weight is 296 g/mol. The summed E-state index contributed by atoms with van der Waals surface area (Å²) in [5.41, 5.74) is 4.08. The summed E-state index contributed by atoms with van der Waals surface area (Å²) < 4.78 is 0. The van der Waals surface area contributed by atoms with E-state index in [0.29, 0.717) is 5.92 Å². The Hall–Kier alpha value is -0.980. The van der Waals surface area contributed by atoms with Gasteiger partial charge in [0.1, 0.15) is 0 Å². The minimum absolute atomic E-state index is 0.672. The van der Waals surface area contributed by atoms with E-state index in [1.807, 2.05) is 5.51 Å². The van der Waals surface area contributed by atoms with E-state index in [4.69, 9.17) is 0 Å². The fraction of sp³-hybridized carbons (Fsp3) is 0.538. The van der Waals surface area contributed by atoms with Crippen molar-refractivity contribution in [2.75, 3.05) is 18.5 Å². The van der Waals surface area contributed by atoms with Gasteiger partial charge < -0.3 is 10.2 Å². The number of rotatable bonds is 7. The topological polar surface area (TPSA) is 41.0 Å². The number of thiazole rings is 2. The molecule has 2 heterocycles. The zero-order valence-corrected chi connectivity index (χ0v) is 13.2. The van der Waals surface area contributed by atoms with E-state index in [-0.39, 0.29) is 0 Å². The van der Waals surface area contributed by atoms with Crippen LogP contribution in [-0.4, -0.2) is 23.6 Å². The molecule has 1 N–H and O–H groups in total. The molecule has 0 aliphatic heterocycles. The molecule has 6 heteroatoms. The molecule has 0 spiro atoms. The van der Waals surface area contributed by atoms with Crippen LogP contribution in [0.15, 0.2) is 16.3 Å². The zero-order valence-electron chi connectivity index (χ0n) is 11.6. The van der Waals surface area contributed by atoms with Crippen molar-refractivity contribution in [3.05, 3.63) is 27.7 Å². The Morgan fingerprint density at radius 3 is 2.84 bits per heavy atom. The fourth-order valence-electron chi connectivity index (χ4n) is 1.67. The van der Waals surface area contributed by atoms with Crippen LogP contribution >= 0.6 is 22.7 Å². The van der Waals surface area contributed by atoms with Gasteiger partial charge in [-0.1, -0.05) is 13.8 Å². The molecule has 0 aliphatic rings. The number of aromatic nitrogens is 2. The van der Waals surface area contributed by atoms with Crippen molar-refractivity contribution in [1.29, 1.82) is 0 Å². The van der Waals surface area contributed by atoms with Crippen molar-refractivity contribution >= 4 is 27.8 Å². The second-order valence-electron chi connectivity index (χ2n) is 4.98. The molecule has 0 amide bonds. The Morgan fingerprint density at radius 1 is 1.32 bits per heavy atom. The molecule has 4 nitrogen and oxygen atoms in total. The Balaban J connectivity index is 1.85. The lowest BCUT2D eigenvalue weighted by Crippen LogP contribution is -2.20. The second-order valence-corrected chi connectivity index (χ2v) is 6.54. The lowest BCUT2D eigenvalue weighted by Gasteiger charge is -2.13. The van der Waals surface area contributed by atoms with Crippen molar-refractivity contribution < 1.29 is 0 Å². The standard InChI is InChI=1S/C13H20N4S2/c1-10(2)4-14-5-11-8-19-13(16-11)17(3)6-12-7-18-9-15-12/h7-10,14H,4-6H2,1-3H3. The molecule has 0 saturated carbocycles. The maximum absolute atomic E-state index is 4.65. The largest absolute Gasteiger partial charge is 0.345 e. The maximum Gasteiger partial charge on any atom is 0.185 e. The first kappa shape index (κ1) is 14.4. The van der Waals surface area contributed by atoms with Crippen LogP contribution in [-0.2, 0) is 13.1 Å². The van der Waals surface area contributed by atoms with Crippen LogP contribution in [0.1, 0.15) is 25.2 Å². The Bertz CT molecular complexity index is 479. The number of hydrogen-bond acceptors (Lipinski definition) is 6. The molecule has 104 valence electrons. The van der Waals surface area contributed by atoms with Crippen LogP contribution in [0.3, 0.4) is 0 Å². The zero-order chi connectivity index (χ0) is 13.7. The van der Waals surface area contributed by atoms with Gasteiger partial charge in [0.2, 0.25) is 0 Å². The predicted molar refractivity (Wildman–Crippen MR) is 82.9 cm³/mol. The van der Waals surface area contributed by atoms with E-state index in [1.54, 1.807) is 22.7 Å². The molecule has 2 aromatic rings. The third-order valence-electron chi connectivity index (χ3n) is 2.61. The van der Waals surface area contributed by atoms with E-state index in [9.17, 15) is 0 Å². The second kappa shape index (κ2) is 6.98. The third-order valence-corrected chi connectivity index (χ3v) is 4.25. The van der Waals surface area contributed by atoms with Crippen molar-refractivity contribution in [1.82, 2.24) is 15.3 Å². The molecule has 0 saturated heterocycles. The van der Waals surface area contributed by atoms with Gasteiger partial charge in [0.05, 0.1) is 23.4 Å². The van der Waals surface area contributed by atoms with Crippen LogP contribution in [0.25, 0.3) is 0 Å². The highest BCUT2D eigenvalue weighted by atomic mass is 32.1. The molecule has 0 unspecified atom stereocenters. The summed E-state index contributed by atoms with van der Waals surface area (Å²) in [6, 6.07) is 0. The van der Waals surface area contributed by atoms with Crippen LogP contribution in [0.5, 0.6) is 0 Å². The molecule has 0 aromatic carbocycles. The SMILES string of the molecule is CC(C)CNCc1csc(N(C)Cc2cscn2)n1. The quantitative estimate of drug-likeness (QED) is 0.853. The number of anilines is 1. The molecule has 0 radical (unpaired) electrons. The fourth-order valence-corrected chi connectivity index (χ4v) is 3.01. The highest BCUT2D eigenvalue weighted by Gasteiger charge is 2.08. The van der Waals surface area contributed by atoms with Crippen LogP contribution in [0, 0.1) is 5.92 Å². The van der Waals surface area contributed by atoms with Gasteiger partial charge in [-0.05, 0) is 12.5 Å². The Labute approximate surface area is 122 Å². The molecule has 0 atom stereocenters. The summed E-state index contributed by atoms with van der Waals surface area (Å²) in [6.07, 6.45) is 0. The van der Waals surface area contributed by atoms with E-state index in [2.05, 4.69) is 51.8 Å². The molecule has 0 fully saturated rings. The third kappa shape index (κ3) is 4.56. The summed E-state index contributed by atoms with van der Waals surface area (Å²) in [5, 5.41) is 8.67. The Morgan fingerprint density at radius 2 is 2.16 bits per heavy atom. The average Bonchev–Trinajstić information content (AvgIpc) is 2.99. The summed E-state index contributed by atoms with van der Waals surface area (Å²) in [7, 11) is 2.06. The van der Waals surface area contributed by atoms with Gasteiger partial charge >= 0.3 is 0 Å². The lowest BCUT2D eigenvalue weighted by molar-refractivity contribution is 0.549. The van der Waals surface area contributed by atoms with Crippen molar-refractivity contribution in [3.63, 3.8) is 0 Å². The van der Waals surface area contributed by atoms with Gasteiger partial charge in [0.15, 0.2) is 5.13 Å². The first-order valence-electron chi connectivity index (χ1n) is 6.38. The van der Waals surface area contributed by atoms with Gasteiger partial charge in [-0.2, -0.15) is 0 Å². The highest BCUT2D eigenvalue weighted by Crippen LogP contribution is 2.21. The molecule has 2 aromatic heterocycles. The molecule has 0 aliphatic carbocycles. The van der Waals surface area contributed by atoms with Crippen LogP contribution < -0.4 is 10.2 Å². The van der Waals surface area contributed by atoms with Crippen molar-refractivity contribution in [3.8, 4) is 0 Å². The smallest absolute Gasteiger partial charge is 0.185 e. The van der Waals surface area contributed by atoms with Crippen LogP contribution in [0.2, 0.25) is 0 Å². The van der Waals surface area contributed by atoms with Gasteiger partial charge in [-0.3, -0.25) is 0 Å². The van der Waals surface area contributed by atoms with Gasteiger partial charge in [-0.15, -0.1) is 22.7 Å². The number of nitrogens with one attached hydrogen (secondary N) is 1. The monoisotopic (exact) mass is 296 g/mol. The van der Waals surface area contributed by atoms with Gasteiger partial charge in [-0.25, -0.2) is 9.97 Å². The highest BCUT2D eigenvalue weighted by molar-refractivity contribution is 7.13. The molecule has 0 bridgehead atoms. The lowest BCUT2D eigenvalue weighted by atomic mass is 10.2. The van der Waals surface area contributed by atoms with Crippen molar-refractivity contribution in [2.24, 2.45) is 5.92 Å². The van der Waals surface area contributed by atoms with Crippen molar-refractivity contribution in [2.45, 2.75) is 26.9 Å². The first-order valence-corrected chi connectivity index (χ1v) is 8.20. The minimum atomic E-state index is 0.672. The summed E-state index contributed by atoms with van der Waals surface area (Å²) in [4.78, 5) is 11.1. The number of hydrogen-bond donors (Lipinski definition) is 1. The molecule has 19 heavy (non-hydrogen) atoms. The number of nitrogens with zero attached hydrogens (tertiary/aromatic N) is 3. The molecular weight excluding hydrogens is 276 g/mol. The van der Waals surface area contributed by atoms with Gasteiger partial charge in [0, 0.05) is 24.4 Å². The Kier molecular flexibility index (Phi) is 5.30. The van der Waals surface area contributed by atoms with E-state index >= 15 is 0 Å². The summed E-state index contributed by atoms with van der Waals surface area (Å²) >= 11 is 3.32. The molecule has 2 rings (SSSR count). The van der Waals surface area contributed by atoms with Crippen LogP contribution in [0.4, 0.5) is 5.13 Å².